The number of esters is 1. The average molecular weight is 270 g/mol. The Labute approximate surface area is 118 Å². The van der Waals surface area contributed by atoms with Crippen molar-refractivity contribution in [1.29, 1.82) is 0 Å². The van der Waals surface area contributed by atoms with Gasteiger partial charge in [-0.15, -0.1) is 6.58 Å². The van der Waals surface area contributed by atoms with E-state index in [4.69, 9.17) is 4.74 Å². The lowest BCUT2D eigenvalue weighted by atomic mass is 9.86. The Morgan fingerprint density at radius 3 is 2.70 bits per heavy atom. The van der Waals surface area contributed by atoms with E-state index in [-0.39, 0.29) is 13.0 Å². The second-order valence-electron chi connectivity index (χ2n) is 4.60. The molecular formula is C17H18O3. The Morgan fingerprint density at radius 2 is 2.00 bits per heavy atom. The van der Waals surface area contributed by atoms with Crippen LogP contribution >= 0.6 is 0 Å². The summed E-state index contributed by atoms with van der Waals surface area (Å²) in [6.45, 7) is 5.57. The van der Waals surface area contributed by atoms with Gasteiger partial charge in [0.05, 0.1) is 6.61 Å². The number of hydrogen-bond donors (Lipinski definition) is 1. The Bertz CT molecular complexity index is 628. The van der Waals surface area contributed by atoms with Crippen LogP contribution in [0.25, 0.3) is 10.8 Å². The summed E-state index contributed by atoms with van der Waals surface area (Å²) in [5.41, 5.74) is -1.15. The summed E-state index contributed by atoms with van der Waals surface area (Å²) in [7, 11) is 0. The third-order valence-corrected chi connectivity index (χ3v) is 3.29. The van der Waals surface area contributed by atoms with E-state index in [1.807, 2.05) is 36.4 Å². The van der Waals surface area contributed by atoms with Gasteiger partial charge in [0, 0.05) is 12.0 Å². The van der Waals surface area contributed by atoms with Crippen molar-refractivity contribution in [2.45, 2.75) is 18.9 Å². The van der Waals surface area contributed by atoms with Crippen molar-refractivity contribution in [2.24, 2.45) is 0 Å². The van der Waals surface area contributed by atoms with Crippen LogP contribution in [0.5, 0.6) is 0 Å². The maximum atomic E-state index is 12.2. The SMILES string of the molecule is C=CCC(O)(C(=O)OCC)c1cccc2ccccc12. The summed E-state index contributed by atoms with van der Waals surface area (Å²) in [4.78, 5) is 12.2. The summed E-state index contributed by atoms with van der Waals surface area (Å²) in [5, 5.41) is 12.6. The van der Waals surface area contributed by atoms with Crippen molar-refractivity contribution < 1.29 is 14.6 Å². The molecule has 0 aliphatic heterocycles. The summed E-state index contributed by atoms with van der Waals surface area (Å²) >= 11 is 0. The van der Waals surface area contributed by atoms with Crippen LogP contribution in [-0.2, 0) is 15.1 Å². The quantitative estimate of drug-likeness (QED) is 0.670. The van der Waals surface area contributed by atoms with E-state index in [1.165, 1.54) is 6.08 Å². The normalized spacial score (nSPS) is 13.7. The second kappa shape index (κ2) is 5.88. The zero-order valence-corrected chi connectivity index (χ0v) is 11.5. The first-order valence-corrected chi connectivity index (χ1v) is 6.62. The smallest absolute Gasteiger partial charge is 0.343 e. The van der Waals surface area contributed by atoms with Gasteiger partial charge in [-0.05, 0) is 17.7 Å². The molecule has 0 spiro atoms. The predicted octanol–water partition coefficient (Wildman–Crippen LogP) is 3.17. The van der Waals surface area contributed by atoms with Gasteiger partial charge in [-0.3, -0.25) is 0 Å². The number of hydrogen-bond acceptors (Lipinski definition) is 3. The molecule has 0 saturated carbocycles. The number of fused-ring (bicyclic) bond motifs is 1. The molecule has 1 unspecified atom stereocenters. The lowest BCUT2D eigenvalue weighted by Crippen LogP contribution is -2.37. The van der Waals surface area contributed by atoms with Crippen LogP contribution in [0.15, 0.2) is 55.1 Å². The zero-order valence-electron chi connectivity index (χ0n) is 11.5. The molecule has 0 aromatic heterocycles. The largest absolute Gasteiger partial charge is 0.464 e. The monoisotopic (exact) mass is 270 g/mol. The molecular weight excluding hydrogens is 252 g/mol. The number of aliphatic hydroxyl groups is 1. The lowest BCUT2D eigenvalue weighted by Gasteiger charge is -2.26. The third-order valence-electron chi connectivity index (χ3n) is 3.29. The third kappa shape index (κ3) is 2.45. The summed E-state index contributed by atoms with van der Waals surface area (Å²) in [6.07, 6.45) is 1.64. The Morgan fingerprint density at radius 1 is 1.30 bits per heavy atom. The van der Waals surface area contributed by atoms with Crippen molar-refractivity contribution in [3.63, 3.8) is 0 Å². The Balaban J connectivity index is 2.62. The molecule has 0 bridgehead atoms. The highest BCUT2D eigenvalue weighted by Crippen LogP contribution is 2.33. The minimum Gasteiger partial charge on any atom is -0.464 e. The van der Waals surface area contributed by atoms with Crippen molar-refractivity contribution >= 4 is 16.7 Å². The van der Waals surface area contributed by atoms with E-state index in [9.17, 15) is 9.90 Å². The van der Waals surface area contributed by atoms with Crippen molar-refractivity contribution in [2.75, 3.05) is 6.61 Å². The second-order valence-corrected chi connectivity index (χ2v) is 4.60. The lowest BCUT2D eigenvalue weighted by molar-refractivity contribution is -0.165. The van der Waals surface area contributed by atoms with Crippen LogP contribution in [0.3, 0.4) is 0 Å². The van der Waals surface area contributed by atoms with E-state index in [0.717, 1.165) is 10.8 Å². The maximum Gasteiger partial charge on any atom is 0.343 e. The minimum atomic E-state index is -1.70. The molecule has 3 nitrogen and oxygen atoms in total. The molecule has 2 aromatic rings. The molecule has 1 atom stereocenters. The summed E-state index contributed by atoms with van der Waals surface area (Å²) < 4.78 is 5.03. The number of benzene rings is 2. The maximum absolute atomic E-state index is 12.2. The standard InChI is InChI=1S/C17H18O3/c1-3-12-17(19,16(18)20-4-2)15-11-7-9-13-8-5-6-10-14(13)15/h3,5-11,19H,1,4,12H2,2H3. The van der Waals surface area contributed by atoms with Gasteiger partial charge in [0.15, 0.2) is 5.60 Å². The first-order valence-electron chi connectivity index (χ1n) is 6.62. The van der Waals surface area contributed by atoms with Gasteiger partial charge < -0.3 is 9.84 Å². The average Bonchev–Trinajstić information content (AvgIpc) is 2.47. The molecule has 0 amide bonds. The number of ether oxygens (including phenoxy) is 1. The fourth-order valence-electron chi connectivity index (χ4n) is 2.35. The van der Waals surface area contributed by atoms with E-state index < -0.39 is 11.6 Å². The van der Waals surface area contributed by atoms with Gasteiger partial charge in [0.1, 0.15) is 0 Å². The number of rotatable bonds is 5. The van der Waals surface area contributed by atoms with E-state index in [0.29, 0.717) is 5.56 Å². The van der Waals surface area contributed by atoms with E-state index in [1.54, 1.807) is 13.0 Å². The van der Waals surface area contributed by atoms with Crippen LogP contribution < -0.4 is 0 Å². The molecule has 0 fully saturated rings. The molecule has 0 aliphatic carbocycles. The van der Waals surface area contributed by atoms with Crippen LogP contribution in [0.1, 0.15) is 18.9 Å². The van der Waals surface area contributed by atoms with Gasteiger partial charge >= 0.3 is 5.97 Å². The molecule has 20 heavy (non-hydrogen) atoms. The highest BCUT2D eigenvalue weighted by molar-refractivity contribution is 5.92. The highest BCUT2D eigenvalue weighted by Gasteiger charge is 2.39. The molecule has 0 saturated heterocycles. The van der Waals surface area contributed by atoms with Crippen LogP contribution in [0.4, 0.5) is 0 Å². The molecule has 2 aromatic carbocycles. The van der Waals surface area contributed by atoms with E-state index in [2.05, 4.69) is 6.58 Å². The zero-order chi connectivity index (χ0) is 14.6. The van der Waals surface area contributed by atoms with Gasteiger partial charge in [-0.2, -0.15) is 0 Å². The molecule has 3 heteroatoms. The van der Waals surface area contributed by atoms with Crippen molar-refractivity contribution in [3.05, 3.63) is 60.7 Å². The topological polar surface area (TPSA) is 46.5 Å². The van der Waals surface area contributed by atoms with Gasteiger partial charge in [-0.1, -0.05) is 48.5 Å². The highest BCUT2D eigenvalue weighted by atomic mass is 16.5. The number of carbonyl (C=O) groups excluding carboxylic acids is 1. The molecule has 1 N–H and O–H groups in total. The molecule has 2 rings (SSSR count). The van der Waals surface area contributed by atoms with Crippen molar-refractivity contribution in [3.8, 4) is 0 Å². The first-order chi connectivity index (χ1) is 9.63. The van der Waals surface area contributed by atoms with Crippen LogP contribution in [-0.4, -0.2) is 17.7 Å². The minimum absolute atomic E-state index is 0.111. The van der Waals surface area contributed by atoms with E-state index >= 15 is 0 Å². The number of carbonyl (C=O) groups is 1. The fraction of sp³-hybridized carbons (Fsp3) is 0.235. The van der Waals surface area contributed by atoms with Crippen LogP contribution in [0, 0.1) is 0 Å². The van der Waals surface area contributed by atoms with Crippen LogP contribution in [0.2, 0.25) is 0 Å². The summed E-state index contributed by atoms with van der Waals surface area (Å²) in [6, 6.07) is 13.1. The Hall–Kier alpha value is -2.13. The van der Waals surface area contributed by atoms with Gasteiger partial charge in [0.25, 0.3) is 0 Å². The Kier molecular flexibility index (Phi) is 4.20. The molecule has 104 valence electrons. The molecule has 0 heterocycles. The summed E-state index contributed by atoms with van der Waals surface area (Å²) in [5.74, 6) is -0.642. The van der Waals surface area contributed by atoms with Crippen molar-refractivity contribution in [1.82, 2.24) is 0 Å². The van der Waals surface area contributed by atoms with Gasteiger partial charge in [0.2, 0.25) is 0 Å². The van der Waals surface area contributed by atoms with Gasteiger partial charge in [-0.25, -0.2) is 4.79 Å². The first kappa shape index (κ1) is 14.3. The fourth-order valence-corrected chi connectivity index (χ4v) is 2.35. The molecule has 0 radical (unpaired) electrons. The molecule has 0 aliphatic rings. The predicted molar refractivity (Wildman–Crippen MR) is 79.3 cm³/mol.